The van der Waals surface area contributed by atoms with Crippen LogP contribution in [-0.2, 0) is 11.3 Å². The van der Waals surface area contributed by atoms with Crippen molar-refractivity contribution in [2.75, 3.05) is 6.61 Å². The molecule has 0 spiro atoms. The third-order valence-electron chi connectivity index (χ3n) is 5.55. The van der Waals surface area contributed by atoms with E-state index < -0.39 is 0 Å². The van der Waals surface area contributed by atoms with Gasteiger partial charge in [-0.3, -0.25) is 18.7 Å². The van der Waals surface area contributed by atoms with Crippen LogP contribution in [0.3, 0.4) is 0 Å². The molecule has 154 valence electrons. The normalized spacial score (nSPS) is 16.5. The number of ether oxygens (including phenoxy) is 1. The summed E-state index contributed by atoms with van der Waals surface area (Å²) in [6.07, 6.45) is 4.95. The van der Waals surface area contributed by atoms with Gasteiger partial charge in [0.1, 0.15) is 23.6 Å². The van der Waals surface area contributed by atoms with Crippen molar-refractivity contribution in [1.82, 2.24) is 29.1 Å². The SMILES string of the molecule is O=c1c2c(-c3noc(C4CCCO4)n3)ncn2c2ccccc2n1Cc1ccccn1. The van der Waals surface area contributed by atoms with E-state index in [4.69, 9.17) is 9.26 Å². The van der Waals surface area contributed by atoms with Crippen molar-refractivity contribution in [1.29, 1.82) is 0 Å². The number of hydrogen-bond donors (Lipinski definition) is 0. The average molecular weight is 414 g/mol. The molecule has 1 aliphatic heterocycles. The Morgan fingerprint density at radius 2 is 1.94 bits per heavy atom. The van der Waals surface area contributed by atoms with Crippen molar-refractivity contribution in [2.45, 2.75) is 25.5 Å². The Morgan fingerprint density at radius 1 is 1.06 bits per heavy atom. The molecule has 9 heteroatoms. The molecule has 0 aliphatic carbocycles. The first-order valence-corrected chi connectivity index (χ1v) is 10.1. The maximum atomic E-state index is 13.6. The van der Waals surface area contributed by atoms with Crippen LogP contribution in [-0.4, -0.2) is 35.7 Å². The summed E-state index contributed by atoms with van der Waals surface area (Å²) in [5, 5.41) is 4.09. The van der Waals surface area contributed by atoms with Crippen LogP contribution >= 0.6 is 0 Å². The molecule has 5 heterocycles. The Hall–Kier alpha value is -3.85. The van der Waals surface area contributed by atoms with Gasteiger partial charge in [0, 0.05) is 12.8 Å². The van der Waals surface area contributed by atoms with Crippen LogP contribution in [0, 0.1) is 0 Å². The first-order chi connectivity index (χ1) is 15.3. The molecule has 0 radical (unpaired) electrons. The predicted octanol–water partition coefficient (Wildman–Crippen LogP) is 2.99. The van der Waals surface area contributed by atoms with Crippen LogP contribution in [0.2, 0.25) is 0 Å². The first-order valence-electron chi connectivity index (χ1n) is 10.1. The number of imidazole rings is 1. The average Bonchev–Trinajstić information content (AvgIpc) is 3.57. The monoisotopic (exact) mass is 414 g/mol. The second-order valence-electron chi connectivity index (χ2n) is 7.47. The molecule has 1 atom stereocenters. The van der Waals surface area contributed by atoms with Gasteiger partial charge in [0.25, 0.3) is 11.4 Å². The Kier molecular flexibility index (Phi) is 4.13. The molecule has 0 bridgehead atoms. The maximum Gasteiger partial charge on any atom is 0.278 e. The van der Waals surface area contributed by atoms with Gasteiger partial charge in [0.2, 0.25) is 5.82 Å². The molecule has 0 amide bonds. The Morgan fingerprint density at radius 3 is 2.74 bits per heavy atom. The van der Waals surface area contributed by atoms with Crippen LogP contribution in [0.5, 0.6) is 0 Å². The van der Waals surface area contributed by atoms with Gasteiger partial charge in [0.15, 0.2) is 0 Å². The van der Waals surface area contributed by atoms with Crippen molar-refractivity contribution in [3.63, 3.8) is 0 Å². The summed E-state index contributed by atoms with van der Waals surface area (Å²) in [4.78, 5) is 27.0. The van der Waals surface area contributed by atoms with E-state index in [9.17, 15) is 4.79 Å². The molecule has 1 aliphatic rings. The van der Waals surface area contributed by atoms with E-state index in [1.54, 1.807) is 21.5 Å². The van der Waals surface area contributed by atoms with Crippen LogP contribution in [0.4, 0.5) is 0 Å². The number of fused-ring (bicyclic) bond motifs is 3. The lowest BCUT2D eigenvalue weighted by Crippen LogP contribution is -2.24. The van der Waals surface area contributed by atoms with Crippen molar-refractivity contribution in [2.24, 2.45) is 0 Å². The number of rotatable bonds is 4. The number of benzene rings is 1. The minimum atomic E-state index is -0.197. The van der Waals surface area contributed by atoms with E-state index in [-0.39, 0.29) is 17.5 Å². The minimum absolute atomic E-state index is 0.194. The van der Waals surface area contributed by atoms with Gasteiger partial charge in [-0.1, -0.05) is 23.4 Å². The fourth-order valence-electron chi connectivity index (χ4n) is 4.08. The number of hydrogen-bond acceptors (Lipinski definition) is 7. The molecule has 1 unspecified atom stereocenters. The van der Waals surface area contributed by atoms with E-state index >= 15 is 0 Å². The summed E-state index contributed by atoms with van der Waals surface area (Å²) in [6, 6.07) is 13.4. The summed E-state index contributed by atoms with van der Waals surface area (Å²) < 4.78 is 14.5. The van der Waals surface area contributed by atoms with Gasteiger partial charge in [-0.05, 0) is 37.1 Å². The second kappa shape index (κ2) is 7.13. The lowest BCUT2D eigenvalue weighted by atomic mass is 10.2. The van der Waals surface area contributed by atoms with Crippen molar-refractivity contribution in [3.05, 3.63) is 76.9 Å². The van der Waals surface area contributed by atoms with Gasteiger partial charge >= 0.3 is 0 Å². The highest BCUT2D eigenvalue weighted by molar-refractivity contribution is 5.83. The molecule has 31 heavy (non-hydrogen) atoms. The van der Waals surface area contributed by atoms with Crippen LogP contribution in [0.1, 0.15) is 30.5 Å². The molecule has 0 N–H and O–H groups in total. The van der Waals surface area contributed by atoms with Crippen LogP contribution in [0.15, 0.2) is 64.3 Å². The molecule has 6 rings (SSSR count). The third-order valence-corrected chi connectivity index (χ3v) is 5.55. The number of aromatic nitrogens is 6. The van der Waals surface area contributed by atoms with E-state index in [0.717, 1.165) is 29.6 Å². The Balaban J connectivity index is 1.56. The van der Waals surface area contributed by atoms with E-state index in [1.807, 2.05) is 42.5 Å². The topological polar surface area (TPSA) is 100 Å². The molecule has 0 saturated carbocycles. The maximum absolute atomic E-state index is 13.6. The van der Waals surface area contributed by atoms with Gasteiger partial charge in [-0.2, -0.15) is 4.98 Å². The molecule has 1 fully saturated rings. The number of pyridine rings is 1. The summed E-state index contributed by atoms with van der Waals surface area (Å²) in [6.45, 7) is 1.02. The zero-order valence-corrected chi connectivity index (χ0v) is 16.5. The number of nitrogens with zero attached hydrogens (tertiary/aromatic N) is 6. The molecular formula is C22H18N6O3. The van der Waals surface area contributed by atoms with Crippen LogP contribution in [0.25, 0.3) is 28.1 Å². The highest BCUT2D eigenvalue weighted by Gasteiger charge is 2.26. The molecule has 5 aromatic rings. The zero-order chi connectivity index (χ0) is 20.8. The fourth-order valence-corrected chi connectivity index (χ4v) is 4.08. The summed E-state index contributed by atoms with van der Waals surface area (Å²) in [5.74, 6) is 0.702. The highest BCUT2D eigenvalue weighted by atomic mass is 16.5. The second-order valence-corrected chi connectivity index (χ2v) is 7.47. The summed E-state index contributed by atoms with van der Waals surface area (Å²) in [7, 11) is 0. The molecule has 1 saturated heterocycles. The lowest BCUT2D eigenvalue weighted by molar-refractivity contribution is 0.0835. The quantitative estimate of drug-likeness (QED) is 0.446. The summed E-state index contributed by atoms with van der Waals surface area (Å²) >= 11 is 0. The van der Waals surface area contributed by atoms with Gasteiger partial charge in [0.05, 0.1) is 23.3 Å². The smallest absolute Gasteiger partial charge is 0.278 e. The van der Waals surface area contributed by atoms with Gasteiger partial charge in [-0.15, -0.1) is 0 Å². The third kappa shape index (κ3) is 2.93. The standard InChI is InChI=1S/C22H18N6O3/c29-22-19-18(20-25-21(31-26-20)17-9-5-11-30-17)24-13-28(19)16-8-2-1-7-15(16)27(22)12-14-6-3-4-10-23-14/h1-4,6-8,10,13,17H,5,9,11-12H2. The van der Waals surface area contributed by atoms with Crippen LogP contribution < -0.4 is 5.56 Å². The van der Waals surface area contributed by atoms with Crippen molar-refractivity contribution >= 4 is 16.6 Å². The van der Waals surface area contributed by atoms with E-state index in [0.29, 0.717) is 30.3 Å². The fraction of sp³-hybridized carbons (Fsp3) is 0.227. The van der Waals surface area contributed by atoms with Crippen molar-refractivity contribution in [3.8, 4) is 11.5 Å². The van der Waals surface area contributed by atoms with E-state index in [2.05, 4.69) is 20.1 Å². The van der Waals surface area contributed by atoms with E-state index in [1.165, 1.54) is 0 Å². The molecule has 9 nitrogen and oxygen atoms in total. The first kappa shape index (κ1) is 18.0. The Labute approximate surface area is 175 Å². The van der Waals surface area contributed by atoms with Crippen molar-refractivity contribution < 1.29 is 9.26 Å². The predicted molar refractivity (Wildman–Crippen MR) is 112 cm³/mol. The number of para-hydroxylation sites is 2. The highest BCUT2D eigenvalue weighted by Crippen LogP contribution is 2.29. The zero-order valence-electron chi connectivity index (χ0n) is 16.5. The largest absolute Gasteiger partial charge is 0.368 e. The molecule has 1 aromatic carbocycles. The summed E-state index contributed by atoms with van der Waals surface area (Å²) in [5.41, 5.74) is 3.03. The van der Waals surface area contributed by atoms with Gasteiger partial charge in [-0.25, -0.2) is 4.98 Å². The lowest BCUT2D eigenvalue weighted by Gasteiger charge is -2.12. The molecule has 4 aromatic heterocycles. The Bertz CT molecular complexity index is 1450. The van der Waals surface area contributed by atoms with Gasteiger partial charge < -0.3 is 9.26 Å². The molecular weight excluding hydrogens is 396 g/mol. The minimum Gasteiger partial charge on any atom is -0.368 e.